The minimum atomic E-state index is -1.25. The van der Waals surface area contributed by atoms with Gasteiger partial charge in [0.05, 0.1) is 5.41 Å². The van der Waals surface area contributed by atoms with Crippen molar-refractivity contribution >= 4 is 5.97 Å². The van der Waals surface area contributed by atoms with Crippen LogP contribution in [0.2, 0.25) is 0 Å². The molecule has 1 fully saturated rings. The molecule has 4 nitrogen and oxygen atoms in total. The normalized spacial score (nSPS) is 21.2. The van der Waals surface area contributed by atoms with E-state index in [2.05, 4.69) is 17.4 Å². The molecule has 1 aliphatic rings. The summed E-state index contributed by atoms with van der Waals surface area (Å²) in [6.45, 7) is 0.687. The third-order valence-corrected chi connectivity index (χ3v) is 4.37. The molecule has 0 radical (unpaired) electrons. The molecule has 0 saturated heterocycles. The number of hydrogen-bond donors (Lipinski definition) is 3. The summed E-state index contributed by atoms with van der Waals surface area (Å²) in [4.78, 5) is 11.1. The van der Waals surface area contributed by atoms with Gasteiger partial charge in [0.1, 0.15) is 0 Å². The number of aliphatic hydroxyl groups excluding tert-OH is 1. The van der Waals surface area contributed by atoms with E-state index < -0.39 is 28.9 Å². The molecule has 0 aliphatic heterocycles. The fourth-order valence-electron chi connectivity index (χ4n) is 2.86. The van der Waals surface area contributed by atoms with Crippen molar-refractivity contribution < 1.29 is 23.8 Å². The lowest BCUT2D eigenvalue weighted by Crippen LogP contribution is -2.23. The molecule has 2 aromatic rings. The molecular formula is C19H21F2NO3. The fourth-order valence-corrected chi connectivity index (χ4v) is 2.86. The van der Waals surface area contributed by atoms with Crippen molar-refractivity contribution in [2.24, 2.45) is 5.92 Å². The van der Waals surface area contributed by atoms with Crippen molar-refractivity contribution in [1.29, 1.82) is 0 Å². The maximum absolute atomic E-state index is 13.0. The van der Waals surface area contributed by atoms with E-state index in [1.54, 1.807) is 0 Å². The Morgan fingerprint density at radius 1 is 1.20 bits per heavy atom. The van der Waals surface area contributed by atoms with E-state index in [1.807, 2.05) is 25.2 Å². The molecule has 0 bridgehead atoms. The first-order chi connectivity index (χ1) is 12.0. The van der Waals surface area contributed by atoms with Crippen LogP contribution in [0.4, 0.5) is 8.78 Å². The first-order valence-corrected chi connectivity index (χ1v) is 7.94. The second kappa shape index (κ2) is 8.18. The van der Waals surface area contributed by atoms with Crippen LogP contribution in [0.25, 0.3) is 0 Å². The Morgan fingerprint density at radius 3 is 2.36 bits per heavy atom. The van der Waals surface area contributed by atoms with Gasteiger partial charge < -0.3 is 15.5 Å². The molecule has 1 aliphatic carbocycles. The Kier molecular flexibility index (Phi) is 6.22. The summed E-state index contributed by atoms with van der Waals surface area (Å²) in [7, 11) is 1.95. The van der Waals surface area contributed by atoms with Gasteiger partial charge in [0.25, 0.3) is 0 Å². The van der Waals surface area contributed by atoms with E-state index in [0.29, 0.717) is 0 Å². The van der Waals surface area contributed by atoms with Gasteiger partial charge in [-0.05, 0) is 36.7 Å². The third-order valence-electron chi connectivity index (χ3n) is 4.37. The van der Waals surface area contributed by atoms with Gasteiger partial charge in [-0.25, -0.2) is 8.78 Å². The lowest BCUT2D eigenvalue weighted by molar-refractivity contribution is -0.140. The molecule has 0 heterocycles. The highest BCUT2D eigenvalue weighted by atomic mass is 19.2. The number of carboxylic acid groups (broad SMARTS) is 1. The summed E-state index contributed by atoms with van der Waals surface area (Å²) in [5.41, 5.74) is 0.293. The van der Waals surface area contributed by atoms with Crippen LogP contribution in [0.15, 0.2) is 48.5 Å². The Labute approximate surface area is 145 Å². The average molecular weight is 349 g/mol. The van der Waals surface area contributed by atoms with Gasteiger partial charge >= 0.3 is 5.97 Å². The van der Waals surface area contributed by atoms with Gasteiger partial charge in [0, 0.05) is 19.1 Å². The first-order valence-electron chi connectivity index (χ1n) is 7.94. The molecule has 6 heteroatoms. The van der Waals surface area contributed by atoms with E-state index in [1.165, 1.54) is 11.6 Å². The highest BCUT2D eigenvalue weighted by Gasteiger charge is 2.61. The summed E-state index contributed by atoms with van der Waals surface area (Å²) < 4.78 is 25.7. The molecule has 2 unspecified atom stereocenters. The zero-order valence-electron chi connectivity index (χ0n) is 13.9. The van der Waals surface area contributed by atoms with Crippen LogP contribution in [0.1, 0.15) is 17.5 Å². The predicted octanol–water partition coefficient (Wildman–Crippen LogP) is 2.71. The van der Waals surface area contributed by atoms with Crippen LogP contribution < -0.4 is 5.32 Å². The molecule has 3 N–H and O–H groups in total. The SMILES string of the molecule is CNCc1ccccc1.O=C(O)C1(c2ccc(F)c(F)c2)CC1CO. The number of carboxylic acids is 1. The molecule has 0 aromatic heterocycles. The average Bonchev–Trinajstić information content (AvgIpc) is 3.35. The summed E-state index contributed by atoms with van der Waals surface area (Å²) in [5.74, 6) is -3.61. The van der Waals surface area contributed by atoms with Gasteiger partial charge in [-0.15, -0.1) is 0 Å². The van der Waals surface area contributed by atoms with Crippen molar-refractivity contribution in [3.05, 3.63) is 71.3 Å². The van der Waals surface area contributed by atoms with Crippen LogP contribution in [0.3, 0.4) is 0 Å². The van der Waals surface area contributed by atoms with Crippen molar-refractivity contribution in [3.63, 3.8) is 0 Å². The first kappa shape index (κ1) is 19.0. The minimum Gasteiger partial charge on any atom is -0.481 e. The van der Waals surface area contributed by atoms with E-state index in [4.69, 9.17) is 10.2 Å². The molecule has 25 heavy (non-hydrogen) atoms. The van der Waals surface area contributed by atoms with Crippen LogP contribution in [-0.4, -0.2) is 29.8 Å². The van der Waals surface area contributed by atoms with Gasteiger partial charge in [0.15, 0.2) is 11.6 Å². The van der Waals surface area contributed by atoms with Crippen LogP contribution in [0, 0.1) is 17.6 Å². The van der Waals surface area contributed by atoms with E-state index in [9.17, 15) is 13.6 Å². The third kappa shape index (κ3) is 4.21. The summed E-state index contributed by atoms with van der Waals surface area (Å²) in [5, 5.41) is 21.1. The van der Waals surface area contributed by atoms with Crippen molar-refractivity contribution in [3.8, 4) is 0 Å². The standard InChI is InChI=1S/C11H10F2O3.C8H11N/c12-8-2-1-6(3-9(8)13)11(10(15)16)4-7(11)5-14;1-9-7-8-5-3-2-4-6-8/h1-3,7,14H,4-5H2,(H,15,16);2-6,9H,7H2,1H3. The number of nitrogens with one attached hydrogen (secondary N) is 1. The van der Waals surface area contributed by atoms with Gasteiger partial charge in [-0.3, -0.25) is 4.79 Å². The lowest BCUT2D eigenvalue weighted by Gasteiger charge is -2.12. The number of halogens is 2. The summed E-state index contributed by atoms with van der Waals surface area (Å²) in [6, 6.07) is 13.4. The Balaban J connectivity index is 0.000000212. The molecule has 0 amide bonds. The van der Waals surface area contributed by atoms with Gasteiger partial charge in [-0.2, -0.15) is 0 Å². The molecular weight excluding hydrogens is 328 g/mol. The second-order valence-corrected chi connectivity index (χ2v) is 6.00. The highest BCUT2D eigenvalue weighted by molar-refractivity contribution is 5.85. The number of hydrogen-bond acceptors (Lipinski definition) is 3. The maximum atomic E-state index is 13.0. The number of benzene rings is 2. The zero-order valence-corrected chi connectivity index (χ0v) is 13.9. The summed E-state index contributed by atoms with van der Waals surface area (Å²) in [6.07, 6.45) is 0.254. The van der Waals surface area contributed by atoms with Gasteiger partial charge in [0.2, 0.25) is 0 Å². The minimum absolute atomic E-state index is 0.206. The molecule has 2 aromatic carbocycles. The van der Waals surface area contributed by atoms with Crippen LogP contribution in [-0.2, 0) is 16.8 Å². The predicted molar refractivity (Wildman–Crippen MR) is 90.1 cm³/mol. The maximum Gasteiger partial charge on any atom is 0.314 e. The zero-order chi connectivity index (χ0) is 18.4. The molecule has 3 rings (SSSR count). The van der Waals surface area contributed by atoms with Gasteiger partial charge in [-0.1, -0.05) is 36.4 Å². The fraction of sp³-hybridized carbons (Fsp3) is 0.316. The van der Waals surface area contributed by atoms with E-state index in [-0.39, 0.29) is 18.6 Å². The van der Waals surface area contributed by atoms with Crippen LogP contribution >= 0.6 is 0 Å². The van der Waals surface area contributed by atoms with E-state index >= 15 is 0 Å². The Bertz CT molecular complexity index is 724. The lowest BCUT2D eigenvalue weighted by atomic mass is 9.93. The van der Waals surface area contributed by atoms with Crippen molar-refractivity contribution in [1.82, 2.24) is 5.32 Å². The molecule has 0 spiro atoms. The van der Waals surface area contributed by atoms with Crippen molar-refractivity contribution in [2.75, 3.05) is 13.7 Å². The molecule has 134 valence electrons. The highest BCUT2D eigenvalue weighted by Crippen LogP contribution is 2.54. The van der Waals surface area contributed by atoms with Crippen LogP contribution in [0.5, 0.6) is 0 Å². The largest absolute Gasteiger partial charge is 0.481 e. The number of carbonyl (C=O) groups is 1. The monoisotopic (exact) mass is 349 g/mol. The second-order valence-electron chi connectivity index (χ2n) is 6.00. The molecule has 1 saturated carbocycles. The number of rotatable bonds is 5. The molecule has 2 atom stereocenters. The van der Waals surface area contributed by atoms with E-state index in [0.717, 1.165) is 18.7 Å². The quantitative estimate of drug-likeness (QED) is 0.776. The summed E-state index contributed by atoms with van der Waals surface area (Å²) >= 11 is 0. The number of aliphatic carboxylic acids is 1. The Hall–Kier alpha value is -2.31. The Morgan fingerprint density at radius 2 is 1.88 bits per heavy atom. The van der Waals surface area contributed by atoms with Crippen molar-refractivity contribution in [2.45, 2.75) is 18.4 Å². The smallest absolute Gasteiger partial charge is 0.314 e. The topological polar surface area (TPSA) is 69.6 Å². The number of aliphatic hydroxyl groups is 1.